The van der Waals surface area contributed by atoms with Crippen molar-refractivity contribution in [3.05, 3.63) is 86.2 Å². The van der Waals surface area contributed by atoms with Crippen LogP contribution in [0.25, 0.3) is 11.3 Å². The van der Waals surface area contributed by atoms with Crippen LogP contribution < -0.4 is 10.9 Å². The van der Waals surface area contributed by atoms with E-state index in [1.807, 2.05) is 30.3 Å². The molecule has 2 aromatic carbocycles. The number of benzene rings is 2. The molecule has 0 saturated carbocycles. The zero-order chi connectivity index (χ0) is 20.0. The molecule has 0 saturated heterocycles. The predicted octanol–water partition coefficient (Wildman–Crippen LogP) is 2.03. The molecule has 11 nitrogen and oxygen atoms in total. The first-order chi connectivity index (χ1) is 14.1. The molecule has 0 bridgehead atoms. The van der Waals surface area contributed by atoms with Crippen molar-refractivity contribution in [1.82, 2.24) is 30.4 Å². The normalized spacial score (nSPS) is 14.6. The van der Waals surface area contributed by atoms with Crippen molar-refractivity contribution in [2.75, 3.05) is 5.32 Å². The summed E-state index contributed by atoms with van der Waals surface area (Å²) in [5.41, 5.74) is 2.11. The number of nitro groups is 1. The molecular weight excluding hydrogens is 376 g/mol. The van der Waals surface area contributed by atoms with Crippen LogP contribution in [-0.2, 0) is 0 Å². The molecule has 11 heteroatoms. The van der Waals surface area contributed by atoms with E-state index in [1.165, 1.54) is 16.8 Å². The highest BCUT2D eigenvalue weighted by molar-refractivity contribution is 5.75. The van der Waals surface area contributed by atoms with Gasteiger partial charge in [0.25, 0.3) is 11.2 Å². The van der Waals surface area contributed by atoms with Crippen LogP contribution in [0.15, 0.2) is 59.4 Å². The van der Waals surface area contributed by atoms with Gasteiger partial charge in [-0.25, -0.2) is 5.10 Å². The number of rotatable bonds is 3. The summed E-state index contributed by atoms with van der Waals surface area (Å²) in [6.45, 7) is 0. The molecule has 0 aliphatic carbocycles. The molecule has 0 amide bonds. The van der Waals surface area contributed by atoms with Crippen LogP contribution in [0.5, 0.6) is 0 Å². The molecule has 1 aliphatic rings. The maximum absolute atomic E-state index is 12.6. The Kier molecular flexibility index (Phi) is 3.66. The zero-order valence-electron chi connectivity index (χ0n) is 14.7. The highest BCUT2D eigenvalue weighted by Crippen LogP contribution is 2.41. The van der Waals surface area contributed by atoms with Crippen LogP contribution in [0.4, 0.5) is 17.3 Å². The summed E-state index contributed by atoms with van der Waals surface area (Å²) >= 11 is 0. The van der Waals surface area contributed by atoms with E-state index in [4.69, 9.17) is 0 Å². The number of nitrogens with zero attached hydrogens (tertiary/aromatic N) is 6. The van der Waals surface area contributed by atoms with Crippen LogP contribution in [0.2, 0.25) is 0 Å². The van der Waals surface area contributed by atoms with Gasteiger partial charge in [-0.05, 0) is 16.0 Å². The fourth-order valence-corrected chi connectivity index (χ4v) is 3.47. The molecule has 2 aromatic heterocycles. The number of anilines is 2. The van der Waals surface area contributed by atoms with Gasteiger partial charge < -0.3 is 5.32 Å². The van der Waals surface area contributed by atoms with Crippen molar-refractivity contribution in [1.29, 1.82) is 0 Å². The molecule has 5 rings (SSSR count). The number of fused-ring (bicyclic) bond motifs is 2. The Morgan fingerprint density at radius 1 is 1.10 bits per heavy atom. The molecule has 4 aromatic rings. The maximum atomic E-state index is 12.6. The lowest BCUT2D eigenvalue weighted by atomic mass is 9.92. The molecule has 2 N–H and O–H groups in total. The van der Waals surface area contributed by atoms with Gasteiger partial charge in [0, 0.05) is 23.3 Å². The van der Waals surface area contributed by atoms with E-state index >= 15 is 0 Å². The molecule has 0 spiro atoms. The Labute approximate surface area is 162 Å². The average Bonchev–Trinajstić information content (AvgIpc) is 3.22. The molecule has 142 valence electrons. The van der Waals surface area contributed by atoms with E-state index in [2.05, 4.69) is 31.0 Å². The Bertz CT molecular complexity index is 1300. The van der Waals surface area contributed by atoms with E-state index in [0.29, 0.717) is 16.8 Å². The van der Waals surface area contributed by atoms with E-state index < -0.39 is 16.5 Å². The third-order valence-corrected chi connectivity index (χ3v) is 4.71. The topological polar surface area (TPSA) is 145 Å². The molecule has 0 fully saturated rings. The molecule has 3 heterocycles. The number of H-pyrrole nitrogens is 1. The molecule has 1 aliphatic heterocycles. The molecular formula is C18H12N8O3. The number of non-ortho nitro benzene ring substituents is 1. The Morgan fingerprint density at radius 3 is 2.72 bits per heavy atom. The molecule has 29 heavy (non-hydrogen) atoms. The number of aromatic amines is 1. The summed E-state index contributed by atoms with van der Waals surface area (Å²) in [7, 11) is 0. The quantitative estimate of drug-likeness (QED) is 0.353. The van der Waals surface area contributed by atoms with Crippen LogP contribution in [0.3, 0.4) is 0 Å². The van der Waals surface area contributed by atoms with E-state index in [9.17, 15) is 14.9 Å². The molecule has 0 unspecified atom stereocenters. The molecule has 1 atom stereocenters. The number of tetrazole rings is 1. The van der Waals surface area contributed by atoms with Gasteiger partial charge in [-0.3, -0.25) is 14.9 Å². The van der Waals surface area contributed by atoms with Crippen LogP contribution >= 0.6 is 0 Å². The minimum atomic E-state index is -0.679. The monoisotopic (exact) mass is 388 g/mol. The summed E-state index contributed by atoms with van der Waals surface area (Å²) in [6, 6.07) is 14.8. The highest BCUT2D eigenvalue weighted by atomic mass is 16.6. The maximum Gasteiger partial charge on any atom is 0.288 e. The third-order valence-electron chi connectivity index (χ3n) is 4.71. The SMILES string of the molecule is O=c1[nH]nc(-c2ccccc2)c2c1Nc1nnnn1[C@@H]2c1cccc([N+](=O)[O-])c1. The number of aromatic nitrogens is 6. The van der Waals surface area contributed by atoms with Crippen LogP contribution in [-0.4, -0.2) is 35.3 Å². The van der Waals surface area contributed by atoms with Gasteiger partial charge in [0.1, 0.15) is 11.7 Å². The first-order valence-corrected chi connectivity index (χ1v) is 8.60. The van der Waals surface area contributed by atoms with Crippen molar-refractivity contribution >= 4 is 17.3 Å². The summed E-state index contributed by atoms with van der Waals surface area (Å²) in [4.78, 5) is 23.4. The molecule has 0 radical (unpaired) electrons. The second-order valence-electron chi connectivity index (χ2n) is 6.38. The van der Waals surface area contributed by atoms with E-state index in [-0.39, 0.29) is 17.3 Å². The first-order valence-electron chi connectivity index (χ1n) is 8.60. The summed E-state index contributed by atoms with van der Waals surface area (Å²) in [5, 5.41) is 32.6. The van der Waals surface area contributed by atoms with Gasteiger partial charge in [-0.15, -0.1) is 0 Å². The largest absolute Gasteiger partial charge is 0.318 e. The van der Waals surface area contributed by atoms with Crippen molar-refractivity contribution < 1.29 is 4.92 Å². The fraction of sp³-hybridized carbons (Fsp3) is 0.0556. The first kappa shape index (κ1) is 16.7. The van der Waals surface area contributed by atoms with Crippen LogP contribution in [0.1, 0.15) is 17.2 Å². The van der Waals surface area contributed by atoms with E-state index in [1.54, 1.807) is 12.1 Å². The van der Waals surface area contributed by atoms with Gasteiger partial charge in [-0.1, -0.05) is 47.6 Å². The zero-order valence-corrected chi connectivity index (χ0v) is 14.7. The van der Waals surface area contributed by atoms with Crippen molar-refractivity contribution in [2.24, 2.45) is 0 Å². The minimum absolute atomic E-state index is 0.0729. The van der Waals surface area contributed by atoms with Crippen molar-refractivity contribution in [3.8, 4) is 11.3 Å². The Balaban J connectivity index is 1.82. The van der Waals surface area contributed by atoms with E-state index in [0.717, 1.165) is 5.56 Å². The van der Waals surface area contributed by atoms with Gasteiger partial charge in [0.05, 0.1) is 10.6 Å². The third kappa shape index (κ3) is 2.64. The fourth-order valence-electron chi connectivity index (χ4n) is 3.47. The minimum Gasteiger partial charge on any atom is -0.318 e. The second kappa shape index (κ2) is 6.34. The standard InChI is InChI=1S/C18H12N8O3/c27-17-15-13(14(20-21-17)10-5-2-1-3-6-10)16(25-18(19-15)22-23-24-25)11-7-4-8-12(9-11)26(28)29/h1-9,16H,(H,21,27)(H,19,22,24)/t16-/m1/s1. The number of nitrogens with one attached hydrogen (secondary N) is 2. The smallest absolute Gasteiger partial charge is 0.288 e. The number of hydrogen-bond acceptors (Lipinski definition) is 8. The van der Waals surface area contributed by atoms with Crippen molar-refractivity contribution in [3.63, 3.8) is 0 Å². The van der Waals surface area contributed by atoms with Gasteiger partial charge >= 0.3 is 0 Å². The highest BCUT2D eigenvalue weighted by Gasteiger charge is 2.34. The lowest BCUT2D eigenvalue weighted by Gasteiger charge is -2.27. The van der Waals surface area contributed by atoms with Crippen molar-refractivity contribution in [2.45, 2.75) is 6.04 Å². The second-order valence-corrected chi connectivity index (χ2v) is 6.38. The number of hydrogen-bond donors (Lipinski definition) is 2. The predicted molar refractivity (Wildman–Crippen MR) is 102 cm³/mol. The number of nitro benzene ring substituents is 1. The summed E-state index contributed by atoms with van der Waals surface area (Å²) < 4.78 is 1.48. The Morgan fingerprint density at radius 2 is 1.93 bits per heavy atom. The van der Waals surface area contributed by atoms with Crippen LogP contribution in [0, 0.1) is 10.1 Å². The lowest BCUT2D eigenvalue weighted by Crippen LogP contribution is -2.29. The van der Waals surface area contributed by atoms with Gasteiger partial charge in [0.15, 0.2) is 0 Å². The summed E-state index contributed by atoms with van der Waals surface area (Å²) in [5.74, 6) is 0.254. The van der Waals surface area contributed by atoms with Gasteiger partial charge in [0.2, 0.25) is 5.95 Å². The summed E-state index contributed by atoms with van der Waals surface area (Å²) in [6.07, 6.45) is 0. The van der Waals surface area contributed by atoms with Gasteiger partial charge in [-0.2, -0.15) is 9.78 Å². The lowest BCUT2D eigenvalue weighted by molar-refractivity contribution is -0.384. The Hall–Kier alpha value is -4.41. The average molecular weight is 388 g/mol.